The minimum absolute atomic E-state index is 0.0515. The third-order valence-electron chi connectivity index (χ3n) is 6.35. The lowest BCUT2D eigenvalue weighted by atomic mass is 9.78. The second-order valence-corrected chi connectivity index (χ2v) is 9.78. The van der Waals surface area contributed by atoms with Crippen LogP contribution in [0.2, 0.25) is 0 Å². The van der Waals surface area contributed by atoms with E-state index in [0.717, 1.165) is 19.3 Å². The minimum Gasteiger partial charge on any atom is -0.509 e. The number of hydrogen-bond donors (Lipinski definition) is 2. The first kappa shape index (κ1) is 24.9. The zero-order valence-corrected chi connectivity index (χ0v) is 20.5. The van der Waals surface area contributed by atoms with Gasteiger partial charge in [0.15, 0.2) is 23.7 Å². The zero-order valence-electron chi connectivity index (χ0n) is 20.5. The third-order valence-corrected chi connectivity index (χ3v) is 6.35. The summed E-state index contributed by atoms with van der Waals surface area (Å²) in [7, 11) is 0. The Morgan fingerprint density at radius 2 is 1.97 bits per heavy atom. The maximum atomic E-state index is 12.5. The second-order valence-electron chi connectivity index (χ2n) is 9.78. The van der Waals surface area contributed by atoms with E-state index in [0.29, 0.717) is 36.5 Å². The van der Waals surface area contributed by atoms with Gasteiger partial charge in [-0.05, 0) is 50.7 Å². The van der Waals surface area contributed by atoms with Crippen molar-refractivity contribution < 1.29 is 38.4 Å². The van der Waals surface area contributed by atoms with Gasteiger partial charge in [-0.25, -0.2) is 9.59 Å². The Morgan fingerprint density at radius 1 is 1.20 bits per heavy atom. The van der Waals surface area contributed by atoms with Gasteiger partial charge in [-0.15, -0.1) is 0 Å². The van der Waals surface area contributed by atoms with Gasteiger partial charge in [-0.3, -0.25) is 0 Å². The van der Waals surface area contributed by atoms with E-state index in [1.54, 1.807) is 19.9 Å². The number of esters is 1. The molecule has 2 N–H and O–H groups in total. The van der Waals surface area contributed by atoms with Crippen molar-refractivity contribution >= 4 is 16.9 Å². The summed E-state index contributed by atoms with van der Waals surface area (Å²) in [5.74, 6) is -0.584. The molecule has 0 saturated carbocycles. The van der Waals surface area contributed by atoms with E-state index in [9.17, 15) is 19.8 Å². The molecule has 1 aliphatic carbocycles. The fourth-order valence-corrected chi connectivity index (χ4v) is 4.61. The Kier molecular flexibility index (Phi) is 6.98. The number of allylic oxidation sites excluding steroid dienone is 1. The first-order valence-corrected chi connectivity index (χ1v) is 11.9. The number of benzene rings is 1. The number of ether oxygens (including phenoxy) is 4. The Balaban J connectivity index is 1.69. The summed E-state index contributed by atoms with van der Waals surface area (Å²) < 4.78 is 28.3. The van der Waals surface area contributed by atoms with Crippen molar-refractivity contribution in [2.75, 3.05) is 13.2 Å². The largest absolute Gasteiger partial charge is 0.509 e. The number of aliphatic hydroxyl groups excluding tert-OH is 1. The number of aryl methyl sites for hydroxylation is 1. The molecule has 4 rings (SSSR count). The average Bonchev–Trinajstić information content (AvgIpc) is 2.79. The van der Waals surface area contributed by atoms with Crippen molar-refractivity contribution in [1.29, 1.82) is 0 Å². The van der Waals surface area contributed by atoms with Crippen LogP contribution in [0.25, 0.3) is 11.0 Å². The van der Waals surface area contributed by atoms with Crippen molar-refractivity contribution in [2.24, 2.45) is 5.41 Å². The highest BCUT2D eigenvalue weighted by atomic mass is 16.7. The van der Waals surface area contributed by atoms with E-state index in [4.69, 9.17) is 23.4 Å². The molecule has 1 aliphatic heterocycles. The second kappa shape index (κ2) is 9.81. The fraction of sp³-hybridized carbons (Fsp3) is 0.538. The van der Waals surface area contributed by atoms with E-state index >= 15 is 0 Å². The van der Waals surface area contributed by atoms with Gasteiger partial charge in [0.1, 0.15) is 22.8 Å². The van der Waals surface area contributed by atoms with Crippen LogP contribution < -0.4 is 10.4 Å². The monoisotopic (exact) mass is 488 g/mol. The smallest absolute Gasteiger partial charge is 0.354 e. The van der Waals surface area contributed by atoms with Crippen molar-refractivity contribution in [2.45, 2.75) is 72.2 Å². The standard InChI is InChI=1S/C26H32O9/c1-5-31-24(29)20-21(28)15-9-10-17(14(2)22(15)35-25(20)30)33-18-13-26(3,4)12-16(27)23(18)34-19-8-6-7-11-32-19/h9-10,18-19,27-28H,5-8,11-13H2,1-4H3/t18-,19?/m1/s1. The normalized spacial score (nSPS) is 22.2. The molecule has 0 spiro atoms. The minimum atomic E-state index is -0.997. The summed E-state index contributed by atoms with van der Waals surface area (Å²) >= 11 is 0. The molecule has 2 aromatic rings. The number of hydrogen-bond acceptors (Lipinski definition) is 9. The summed E-state index contributed by atoms with van der Waals surface area (Å²) in [6, 6.07) is 3.14. The van der Waals surface area contributed by atoms with E-state index in [-0.39, 0.29) is 28.8 Å². The van der Waals surface area contributed by atoms with Gasteiger partial charge in [0.05, 0.1) is 18.6 Å². The number of rotatable bonds is 6. The molecule has 2 aliphatic rings. The van der Waals surface area contributed by atoms with Gasteiger partial charge in [-0.1, -0.05) is 13.8 Å². The van der Waals surface area contributed by atoms with Gasteiger partial charge in [0, 0.05) is 18.4 Å². The number of aromatic hydroxyl groups is 1. The van der Waals surface area contributed by atoms with E-state index in [1.807, 2.05) is 13.8 Å². The molecule has 1 aromatic carbocycles. The Morgan fingerprint density at radius 3 is 2.66 bits per heavy atom. The summed E-state index contributed by atoms with van der Waals surface area (Å²) in [4.78, 5) is 24.6. The highest BCUT2D eigenvalue weighted by Gasteiger charge is 2.39. The van der Waals surface area contributed by atoms with Gasteiger partial charge >= 0.3 is 11.6 Å². The van der Waals surface area contributed by atoms with Crippen LogP contribution >= 0.6 is 0 Å². The molecule has 1 fully saturated rings. The van der Waals surface area contributed by atoms with Gasteiger partial charge in [-0.2, -0.15) is 0 Å². The Hall–Kier alpha value is -3.20. The molecule has 0 amide bonds. The van der Waals surface area contributed by atoms with Gasteiger partial charge in [0.25, 0.3) is 0 Å². The molecule has 1 unspecified atom stereocenters. The first-order chi connectivity index (χ1) is 16.6. The van der Waals surface area contributed by atoms with Crippen molar-refractivity contribution in [1.82, 2.24) is 0 Å². The van der Waals surface area contributed by atoms with Crippen LogP contribution in [0.5, 0.6) is 11.5 Å². The zero-order chi connectivity index (χ0) is 25.3. The van der Waals surface area contributed by atoms with Crippen LogP contribution in [-0.2, 0) is 14.2 Å². The summed E-state index contributed by atoms with van der Waals surface area (Å²) in [5, 5.41) is 21.6. The van der Waals surface area contributed by atoms with Crippen LogP contribution in [0.3, 0.4) is 0 Å². The topological polar surface area (TPSA) is 125 Å². The Labute approximate surface area is 203 Å². The molecular formula is C26H32O9. The van der Waals surface area contributed by atoms with E-state index < -0.39 is 35.3 Å². The number of carbonyl (C=O) groups is 1. The van der Waals surface area contributed by atoms with Crippen molar-refractivity contribution in [3.05, 3.63) is 45.2 Å². The predicted octanol–water partition coefficient (Wildman–Crippen LogP) is 4.86. The molecule has 190 valence electrons. The molecule has 2 heterocycles. The lowest BCUT2D eigenvalue weighted by molar-refractivity contribution is -0.153. The molecule has 35 heavy (non-hydrogen) atoms. The van der Waals surface area contributed by atoms with Crippen molar-refractivity contribution in [3.8, 4) is 11.5 Å². The summed E-state index contributed by atoms with van der Waals surface area (Å²) in [5.41, 5.74) is -1.22. The Bertz CT molecular complexity index is 1200. The maximum Gasteiger partial charge on any atom is 0.354 e. The summed E-state index contributed by atoms with van der Waals surface area (Å²) in [6.45, 7) is 8.02. The third kappa shape index (κ3) is 5.10. The van der Waals surface area contributed by atoms with E-state index in [2.05, 4.69) is 0 Å². The van der Waals surface area contributed by atoms with Gasteiger partial charge in [0.2, 0.25) is 0 Å². The van der Waals surface area contributed by atoms with Crippen LogP contribution in [-0.4, -0.2) is 41.8 Å². The highest BCUT2D eigenvalue weighted by Crippen LogP contribution is 2.42. The maximum absolute atomic E-state index is 12.5. The molecule has 1 aromatic heterocycles. The first-order valence-electron chi connectivity index (χ1n) is 11.9. The van der Waals surface area contributed by atoms with Crippen LogP contribution in [0.15, 0.2) is 32.9 Å². The van der Waals surface area contributed by atoms with Gasteiger partial charge < -0.3 is 33.6 Å². The van der Waals surface area contributed by atoms with Crippen LogP contribution in [0, 0.1) is 12.3 Å². The van der Waals surface area contributed by atoms with Crippen molar-refractivity contribution in [3.63, 3.8) is 0 Å². The molecular weight excluding hydrogens is 456 g/mol. The van der Waals surface area contributed by atoms with E-state index in [1.165, 1.54) is 6.07 Å². The SMILES string of the molecule is CCOC(=O)c1c(O)c2ccc(O[C@@H]3CC(C)(C)CC(O)=C3OC3CCCCO3)c(C)c2oc1=O. The molecule has 9 nitrogen and oxygen atoms in total. The molecule has 2 atom stereocenters. The molecule has 0 radical (unpaired) electrons. The lowest BCUT2D eigenvalue weighted by Crippen LogP contribution is -2.37. The number of aliphatic hydroxyl groups is 1. The summed E-state index contributed by atoms with van der Waals surface area (Å²) in [6.07, 6.45) is 2.68. The predicted molar refractivity (Wildman–Crippen MR) is 127 cm³/mol. The molecule has 1 saturated heterocycles. The lowest BCUT2D eigenvalue weighted by Gasteiger charge is -2.38. The number of carbonyl (C=O) groups excluding carboxylic acids is 1. The number of fused-ring (bicyclic) bond motifs is 1. The van der Waals surface area contributed by atoms with Crippen LogP contribution in [0.1, 0.15) is 68.8 Å². The fourth-order valence-electron chi connectivity index (χ4n) is 4.61. The molecule has 9 heteroatoms. The van der Waals surface area contributed by atoms with Crippen LogP contribution in [0.4, 0.5) is 0 Å². The molecule has 0 bridgehead atoms. The average molecular weight is 489 g/mol. The highest BCUT2D eigenvalue weighted by molar-refractivity contribution is 5.99. The quantitative estimate of drug-likeness (QED) is 0.433.